The molecule has 3 aromatic rings. The summed E-state index contributed by atoms with van der Waals surface area (Å²) < 4.78 is 38.8. The maximum atomic E-state index is 13.0. The first-order chi connectivity index (χ1) is 13.8. The van der Waals surface area contributed by atoms with Crippen molar-refractivity contribution in [1.29, 1.82) is 0 Å². The summed E-state index contributed by atoms with van der Waals surface area (Å²) in [5, 5.41) is 5.90. The van der Waals surface area contributed by atoms with E-state index < -0.39 is 21.7 Å². The number of likely N-dealkylation sites (N-methyl/N-ethyl adjacent to an activating group) is 1. The van der Waals surface area contributed by atoms with E-state index in [4.69, 9.17) is 0 Å². The lowest BCUT2D eigenvalue weighted by atomic mass is 10.2. The first-order valence-corrected chi connectivity index (χ1v) is 10.2. The molecule has 1 amide bonds. The molecule has 0 spiro atoms. The predicted molar refractivity (Wildman–Crippen MR) is 111 cm³/mol. The van der Waals surface area contributed by atoms with E-state index in [1.807, 2.05) is 42.5 Å². The minimum atomic E-state index is -3.89. The lowest BCUT2D eigenvalue weighted by Gasteiger charge is -2.17. The van der Waals surface area contributed by atoms with Gasteiger partial charge in [0.15, 0.2) is 0 Å². The summed E-state index contributed by atoms with van der Waals surface area (Å²) in [7, 11) is -2.59. The van der Waals surface area contributed by atoms with Gasteiger partial charge in [0.1, 0.15) is 5.82 Å². The van der Waals surface area contributed by atoms with E-state index >= 15 is 0 Å². The molecule has 150 valence electrons. The highest BCUT2D eigenvalue weighted by Gasteiger charge is 2.23. The van der Waals surface area contributed by atoms with Crippen LogP contribution in [0.3, 0.4) is 0 Å². The summed E-state index contributed by atoms with van der Waals surface area (Å²) in [6.07, 6.45) is 0. The maximum Gasteiger partial charge on any atom is 0.243 e. The number of sulfonamides is 1. The van der Waals surface area contributed by atoms with E-state index in [9.17, 15) is 17.6 Å². The highest BCUT2D eigenvalue weighted by Crippen LogP contribution is 2.19. The molecule has 29 heavy (non-hydrogen) atoms. The molecule has 0 unspecified atom stereocenters. The van der Waals surface area contributed by atoms with Crippen LogP contribution >= 0.6 is 0 Å². The Morgan fingerprint density at radius 2 is 1.41 bits per heavy atom. The van der Waals surface area contributed by atoms with Crippen LogP contribution in [-0.2, 0) is 14.8 Å². The Kier molecular flexibility index (Phi) is 6.26. The van der Waals surface area contributed by atoms with Crippen LogP contribution in [0.15, 0.2) is 83.8 Å². The third-order valence-electron chi connectivity index (χ3n) is 4.12. The van der Waals surface area contributed by atoms with Crippen molar-refractivity contribution in [3.8, 4) is 0 Å². The van der Waals surface area contributed by atoms with Gasteiger partial charge in [0.05, 0.1) is 11.4 Å². The summed E-state index contributed by atoms with van der Waals surface area (Å²) in [6.45, 7) is -0.371. The normalized spacial score (nSPS) is 11.3. The summed E-state index contributed by atoms with van der Waals surface area (Å²) in [5.41, 5.74) is 2.34. The van der Waals surface area contributed by atoms with Gasteiger partial charge in [-0.1, -0.05) is 18.2 Å². The molecule has 0 saturated carbocycles. The van der Waals surface area contributed by atoms with Crippen molar-refractivity contribution in [3.05, 3.63) is 84.7 Å². The molecule has 2 N–H and O–H groups in total. The van der Waals surface area contributed by atoms with E-state index in [1.54, 1.807) is 12.1 Å². The number of rotatable bonds is 7. The molecule has 0 heterocycles. The van der Waals surface area contributed by atoms with Crippen molar-refractivity contribution in [2.45, 2.75) is 4.90 Å². The van der Waals surface area contributed by atoms with Crippen molar-refractivity contribution in [2.24, 2.45) is 0 Å². The predicted octanol–water partition coefficient (Wildman–Crippen LogP) is 3.83. The quantitative estimate of drug-likeness (QED) is 0.617. The molecule has 0 aliphatic carbocycles. The number of carbonyl (C=O) groups excluding carboxylic acids is 1. The van der Waals surface area contributed by atoms with Gasteiger partial charge in [0.25, 0.3) is 0 Å². The SMILES string of the molecule is CN(CC(=O)Nc1ccc(Nc2ccccc2)cc1)S(=O)(=O)c1ccc(F)cc1. The first-order valence-electron chi connectivity index (χ1n) is 8.78. The summed E-state index contributed by atoms with van der Waals surface area (Å²) in [5.74, 6) is -1.02. The van der Waals surface area contributed by atoms with Gasteiger partial charge in [0, 0.05) is 24.1 Å². The van der Waals surface area contributed by atoms with E-state index in [0.717, 1.165) is 39.9 Å². The molecule has 0 atom stereocenters. The molecule has 0 aliphatic heterocycles. The third-order valence-corrected chi connectivity index (χ3v) is 5.94. The Balaban J connectivity index is 1.59. The van der Waals surface area contributed by atoms with Crippen LogP contribution in [0.5, 0.6) is 0 Å². The van der Waals surface area contributed by atoms with Gasteiger partial charge in [-0.3, -0.25) is 4.79 Å². The van der Waals surface area contributed by atoms with E-state index in [1.165, 1.54) is 7.05 Å². The second kappa shape index (κ2) is 8.85. The summed E-state index contributed by atoms with van der Waals surface area (Å²) in [4.78, 5) is 12.2. The zero-order chi connectivity index (χ0) is 20.9. The highest BCUT2D eigenvalue weighted by atomic mass is 32.2. The minimum Gasteiger partial charge on any atom is -0.356 e. The zero-order valence-corrected chi connectivity index (χ0v) is 16.5. The molecule has 8 heteroatoms. The Hall–Kier alpha value is -3.23. The van der Waals surface area contributed by atoms with Crippen LogP contribution in [-0.4, -0.2) is 32.2 Å². The average Bonchev–Trinajstić information content (AvgIpc) is 2.70. The molecule has 0 aromatic heterocycles. The van der Waals surface area contributed by atoms with Gasteiger partial charge < -0.3 is 10.6 Å². The summed E-state index contributed by atoms with van der Waals surface area (Å²) >= 11 is 0. The number of halogens is 1. The Morgan fingerprint density at radius 3 is 2.03 bits per heavy atom. The van der Waals surface area contributed by atoms with Crippen LogP contribution in [0.4, 0.5) is 21.5 Å². The number of benzene rings is 3. The van der Waals surface area contributed by atoms with Gasteiger partial charge in [-0.15, -0.1) is 0 Å². The smallest absolute Gasteiger partial charge is 0.243 e. The maximum absolute atomic E-state index is 13.0. The van der Waals surface area contributed by atoms with Gasteiger partial charge in [-0.2, -0.15) is 4.31 Å². The van der Waals surface area contributed by atoms with Gasteiger partial charge in [-0.25, -0.2) is 12.8 Å². The fraction of sp³-hybridized carbons (Fsp3) is 0.0952. The lowest BCUT2D eigenvalue weighted by Crippen LogP contribution is -2.34. The van der Waals surface area contributed by atoms with Crippen LogP contribution in [0.25, 0.3) is 0 Å². The van der Waals surface area contributed by atoms with Crippen LogP contribution in [0.1, 0.15) is 0 Å². The topological polar surface area (TPSA) is 78.5 Å². The molecule has 0 radical (unpaired) electrons. The molecule has 6 nitrogen and oxygen atoms in total. The number of anilines is 3. The Morgan fingerprint density at radius 1 is 0.862 bits per heavy atom. The molecule has 0 aliphatic rings. The molecule has 0 saturated heterocycles. The molecular formula is C21H20FN3O3S. The van der Waals surface area contributed by atoms with Crippen molar-refractivity contribution in [2.75, 3.05) is 24.2 Å². The van der Waals surface area contributed by atoms with Gasteiger partial charge in [-0.05, 0) is 60.7 Å². The third kappa shape index (κ3) is 5.40. The van der Waals surface area contributed by atoms with Crippen molar-refractivity contribution in [1.82, 2.24) is 4.31 Å². The number of hydrogen-bond acceptors (Lipinski definition) is 4. The van der Waals surface area contributed by atoms with Gasteiger partial charge in [0.2, 0.25) is 15.9 Å². The molecule has 3 aromatic carbocycles. The molecular weight excluding hydrogens is 393 g/mol. The number of nitrogens with zero attached hydrogens (tertiary/aromatic N) is 1. The minimum absolute atomic E-state index is 0.0782. The highest BCUT2D eigenvalue weighted by molar-refractivity contribution is 7.89. The van der Waals surface area contributed by atoms with Crippen molar-refractivity contribution in [3.63, 3.8) is 0 Å². The Bertz CT molecular complexity index is 1070. The standard InChI is InChI=1S/C21H20FN3O3S/c1-25(29(27,28)20-13-7-16(22)8-14-20)15-21(26)24-19-11-9-18(10-12-19)23-17-5-3-2-4-6-17/h2-14,23H,15H2,1H3,(H,24,26). The molecule has 0 bridgehead atoms. The number of para-hydroxylation sites is 1. The first kappa shape index (κ1) is 20.5. The average molecular weight is 413 g/mol. The largest absolute Gasteiger partial charge is 0.356 e. The van der Waals surface area contributed by atoms with Crippen molar-refractivity contribution < 1.29 is 17.6 Å². The van der Waals surface area contributed by atoms with Crippen LogP contribution in [0, 0.1) is 5.82 Å². The fourth-order valence-electron chi connectivity index (χ4n) is 2.60. The molecule has 3 rings (SSSR count). The van der Waals surface area contributed by atoms with E-state index in [2.05, 4.69) is 10.6 Å². The Labute approximate surface area is 169 Å². The zero-order valence-electron chi connectivity index (χ0n) is 15.7. The molecule has 0 fully saturated rings. The van der Waals surface area contributed by atoms with E-state index in [-0.39, 0.29) is 11.4 Å². The number of nitrogens with one attached hydrogen (secondary N) is 2. The van der Waals surface area contributed by atoms with Crippen molar-refractivity contribution >= 4 is 33.0 Å². The van der Waals surface area contributed by atoms with Gasteiger partial charge >= 0.3 is 0 Å². The number of hydrogen-bond donors (Lipinski definition) is 2. The number of carbonyl (C=O) groups is 1. The fourth-order valence-corrected chi connectivity index (χ4v) is 3.73. The lowest BCUT2D eigenvalue weighted by molar-refractivity contribution is -0.116. The second-order valence-corrected chi connectivity index (χ2v) is 8.38. The van der Waals surface area contributed by atoms with E-state index in [0.29, 0.717) is 5.69 Å². The monoisotopic (exact) mass is 413 g/mol. The van der Waals surface area contributed by atoms with Crippen LogP contribution in [0.2, 0.25) is 0 Å². The summed E-state index contributed by atoms with van der Waals surface area (Å²) in [6, 6.07) is 21.2. The van der Waals surface area contributed by atoms with Crippen LogP contribution < -0.4 is 10.6 Å². The second-order valence-electron chi connectivity index (χ2n) is 6.33. The number of amides is 1.